The van der Waals surface area contributed by atoms with E-state index >= 15 is 0 Å². The molecular formula is C75H135NO10. The van der Waals surface area contributed by atoms with Crippen molar-refractivity contribution in [1.29, 1.82) is 0 Å². The molecule has 1 amide bonds. The molecule has 0 spiro atoms. The molecule has 7 atom stereocenters. The lowest BCUT2D eigenvalue weighted by molar-refractivity contribution is -0.302. The number of hydrogen-bond donors (Lipinski definition) is 6. The quantitative estimate of drug-likeness (QED) is 0.0195. The van der Waals surface area contributed by atoms with Crippen LogP contribution in [0.15, 0.2) is 72.9 Å². The summed E-state index contributed by atoms with van der Waals surface area (Å²) in [5, 5.41) is 54.4. The highest BCUT2D eigenvalue weighted by molar-refractivity contribution is 5.76. The number of aliphatic hydroxyl groups is 5. The number of carbonyl (C=O) groups is 2. The minimum absolute atomic E-state index is 0.00919. The summed E-state index contributed by atoms with van der Waals surface area (Å²) in [5.74, 6) is -0.200. The Hall–Kier alpha value is -2.90. The highest BCUT2D eigenvalue weighted by Crippen LogP contribution is 2.23. The summed E-state index contributed by atoms with van der Waals surface area (Å²) in [6.45, 7) is 4.26. The monoisotopic (exact) mass is 1210 g/mol. The third-order valence-electron chi connectivity index (χ3n) is 16.7. The molecule has 0 saturated carbocycles. The van der Waals surface area contributed by atoms with Crippen molar-refractivity contribution < 1.29 is 49.3 Å². The van der Waals surface area contributed by atoms with E-state index < -0.39 is 49.5 Å². The van der Waals surface area contributed by atoms with Gasteiger partial charge in [-0.05, 0) is 103 Å². The second-order valence-electron chi connectivity index (χ2n) is 24.9. The number of allylic oxidation sites excluding steroid dienone is 11. The number of aliphatic hydroxyl groups excluding tert-OH is 5. The summed E-state index contributed by atoms with van der Waals surface area (Å²) in [4.78, 5) is 25.1. The Morgan fingerprint density at radius 3 is 1.27 bits per heavy atom. The van der Waals surface area contributed by atoms with Crippen LogP contribution in [-0.4, -0.2) is 100 Å². The van der Waals surface area contributed by atoms with Crippen molar-refractivity contribution >= 4 is 11.9 Å². The van der Waals surface area contributed by atoms with Gasteiger partial charge in [0.05, 0.1) is 32.0 Å². The van der Waals surface area contributed by atoms with Crippen LogP contribution in [0.3, 0.4) is 0 Å². The van der Waals surface area contributed by atoms with Crippen LogP contribution in [0.25, 0.3) is 0 Å². The van der Waals surface area contributed by atoms with Gasteiger partial charge in [0.2, 0.25) is 5.91 Å². The van der Waals surface area contributed by atoms with Gasteiger partial charge in [0, 0.05) is 12.8 Å². The zero-order valence-electron chi connectivity index (χ0n) is 55.5. The molecule has 0 bridgehead atoms. The molecule has 7 unspecified atom stereocenters. The van der Waals surface area contributed by atoms with Crippen LogP contribution < -0.4 is 5.32 Å². The first-order valence-corrected chi connectivity index (χ1v) is 36.2. The smallest absolute Gasteiger partial charge is 0.305 e. The van der Waals surface area contributed by atoms with Gasteiger partial charge >= 0.3 is 5.97 Å². The molecule has 1 heterocycles. The van der Waals surface area contributed by atoms with Crippen LogP contribution in [-0.2, 0) is 23.8 Å². The van der Waals surface area contributed by atoms with Crippen molar-refractivity contribution in [1.82, 2.24) is 5.32 Å². The van der Waals surface area contributed by atoms with Gasteiger partial charge in [-0.1, -0.05) is 286 Å². The maximum atomic E-state index is 13.1. The number of nitrogens with one attached hydrogen (secondary N) is 1. The van der Waals surface area contributed by atoms with E-state index in [0.29, 0.717) is 19.4 Å². The Balaban J connectivity index is 1.96. The SMILES string of the molecule is CCC/C=C\C/C=C\CCCCCCCC(=O)OCCCCCCCCCCC/C=C\C/C=C\CCCCCCCCCCCCCCCCCCCC(=O)NC(COC1OC(CO)C(O)C(O)C1O)C(O)/C=C/CC/C=C/CCCCCCCC. The summed E-state index contributed by atoms with van der Waals surface area (Å²) in [6, 6.07) is -0.827. The Morgan fingerprint density at radius 1 is 0.430 bits per heavy atom. The van der Waals surface area contributed by atoms with E-state index in [0.717, 1.165) is 70.6 Å². The molecule has 1 rings (SSSR count). The van der Waals surface area contributed by atoms with Gasteiger partial charge in [-0.3, -0.25) is 9.59 Å². The fourth-order valence-corrected chi connectivity index (χ4v) is 11.0. The van der Waals surface area contributed by atoms with Gasteiger partial charge in [0.1, 0.15) is 24.4 Å². The number of carbonyl (C=O) groups excluding carboxylic acids is 2. The molecule has 0 aromatic heterocycles. The summed E-state index contributed by atoms with van der Waals surface area (Å²) in [6.07, 6.45) is 76.2. The predicted octanol–water partition coefficient (Wildman–Crippen LogP) is 18.7. The van der Waals surface area contributed by atoms with Crippen molar-refractivity contribution in [2.45, 2.75) is 371 Å². The summed E-state index contributed by atoms with van der Waals surface area (Å²) in [7, 11) is 0. The minimum Gasteiger partial charge on any atom is -0.466 e. The second-order valence-corrected chi connectivity index (χ2v) is 24.9. The molecule has 11 heteroatoms. The van der Waals surface area contributed by atoms with E-state index in [4.69, 9.17) is 14.2 Å². The first-order chi connectivity index (χ1) is 42.2. The van der Waals surface area contributed by atoms with Gasteiger partial charge in [-0.25, -0.2) is 0 Å². The molecule has 0 radical (unpaired) electrons. The maximum Gasteiger partial charge on any atom is 0.305 e. The highest BCUT2D eigenvalue weighted by Gasteiger charge is 2.44. The van der Waals surface area contributed by atoms with E-state index in [2.05, 4.69) is 79.9 Å². The third-order valence-corrected chi connectivity index (χ3v) is 16.7. The van der Waals surface area contributed by atoms with Crippen molar-refractivity contribution in [3.63, 3.8) is 0 Å². The maximum absolute atomic E-state index is 13.1. The number of esters is 1. The van der Waals surface area contributed by atoms with E-state index in [9.17, 15) is 35.1 Å². The van der Waals surface area contributed by atoms with Crippen molar-refractivity contribution in [3.8, 4) is 0 Å². The molecule has 86 heavy (non-hydrogen) atoms. The van der Waals surface area contributed by atoms with Crippen LogP contribution in [0, 0.1) is 0 Å². The molecule has 11 nitrogen and oxygen atoms in total. The fourth-order valence-electron chi connectivity index (χ4n) is 11.0. The van der Waals surface area contributed by atoms with E-state index in [1.54, 1.807) is 6.08 Å². The van der Waals surface area contributed by atoms with Gasteiger partial charge in [-0.15, -0.1) is 0 Å². The van der Waals surface area contributed by atoms with Crippen LogP contribution in [0.4, 0.5) is 0 Å². The van der Waals surface area contributed by atoms with Crippen molar-refractivity contribution in [3.05, 3.63) is 72.9 Å². The molecule has 1 aliphatic heterocycles. The first kappa shape index (κ1) is 81.1. The summed E-state index contributed by atoms with van der Waals surface area (Å²) >= 11 is 0. The molecule has 0 aliphatic carbocycles. The lowest BCUT2D eigenvalue weighted by Crippen LogP contribution is -2.60. The third kappa shape index (κ3) is 51.9. The summed E-state index contributed by atoms with van der Waals surface area (Å²) in [5.41, 5.74) is 0. The Kier molecular flexibility index (Phi) is 60.0. The number of hydrogen-bond acceptors (Lipinski definition) is 10. The average Bonchev–Trinajstić information content (AvgIpc) is 3.67. The molecule has 6 N–H and O–H groups in total. The largest absolute Gasteiger partial charge is 0.466 e. The molecule has 500 valence electrons. The fraction of sp³-hybridized carbons (Fsp3) is 0.813. The Bertz CT molecular complexity index is 1660. The van der Waals surface area contributed by atoms with E-state index in [1.165, 1.54) is 231 Å². The lowest BCUT2D eigenvalue weighted by Gasteiger charge is -2.40. The molecule has 1 saturated heterocycles. The average molecular weight is 1210 g/mol. The van der Waals surface area contributed by atoms with Crippen molar-refractivity contribution in [2.24, 2.45) is 0 Å². The molecule has 1 fully saturated rings. The number of unbranched alkanes of at least 4 members (excludes halogenated alkanes) is 39. The molecular weight excluding hydrogens is 1070 g/mol. The van der Waals surface area contributed by atoms with E-state index in [-0.39, 0.29) is 18.5 Å². The van der Waals surface area contributed by atoms with Gasteiger partial charge in [0.15, 0.2) is 6.29 Å². The van der Waals surface area contributed by atoms with Crippen molar-refractivity contribution in [2.75, 3.05) is 19.8 Å². The van der Waals surface area contributed by atoms with Crippen LogP contribution in [0.1, 0.15) is 328 Å². The highest BCUT2D eigenvalue weighted by atomic mass is 16.7. The first-order valence-electron chi connectivity index (χ1n) is 36.2. The van der Waals surface area contributed by atoms with Gasteiger partial charge in [-0.2, -0.15) is 0 Å². The topological polar surface area (TPSA) is 175 Å². The lowest BCUT2D eigenvalue weighted by atomic mass is 9.99. The number of amides is 1. The molecule has 0 aromatic carbocycles. The molecule has 0 aromatic rings. The van der Waals surface area contributed by atoms with E-state index in [1.807, 2.05) is 6.08 Å². The van der Waals surface area contributed by atoms with Crippen LogP contribution in [0.5, 0.6) is 0 Å². The predicted molar refractivity (Wildman–Crippen MR) is 361 cm³/mol. The Labute approximate surface area is 528 Å². The van der Waals surface area contributed by atoms with Gasteiger partial charge < -0.3 is 45.1 Å². The number of ether oxygens (including phenoxy) is 3. The zero-order valence-corrected chi connectivity index (χ0v) is 55.5. The summed E-state index contributed by atoms with van der Waals surface area (Å²) < 4.78 is 16.7. The Morgan fingerprint density at radius 2 is 0.814 bits per heavy atom. The van der Waals surface area contributed by atoms with Crippen LogP contribution in [0.2, 0.25) is 0 Å². The normalized spacial score (nSPS) is 18.3. The molecule has 1 aliphatic rings. The minimum atomic E-state index is -1.58. The second kappa shape index (κ2) is 63.7. The van der Waals surface area contributed by atoms with Crippen LogP contribution >= 0.6 is 0 Å². The van der Waals surface area contributed by atoms with Gasteiger partial charge in [0.25, 0.3) is 0 Å². The zero-order chi connectivity index (χ0) is 62.3. The standard InChI is InChI=1S/C75H135NO10/c1-3-5-7-9-11-13-15-38-43-47-51-55-59-63-71(80)84-64-60-56-52-48-44-40-37-35-33-31-29-27-25-23-21-19-17-18-20-22-24-26-28-30-32-34-36-39-42-46-50-54-58-62-70(79)76-67(66-85-75-74(83)73(82)72(81)69(65-77)86-75)68(78)61-57-53-49-45-41-16-14-12-10-8-6-4-2/h7,9,13,15,21,23,27,29,41,45,57,61,67-69,72-75,77-78,81-83H,3-6,8,10-12,14,16-20,22,24-26,28,30-40,42-44,46-56,58-60,62-66H2,1-2H3,(H,76,79)/b9-7-,15-13-,23-21-,29-27-,45-41+,61-57+. The number of rotatable bonds is 63.